The first kappa shape index (κ1) is 29.6. The Hall–Kier alpha value is -5.50. The lowest BCUT2D eigenvalue weighted by molar-refractivity contribution is 0.103. The highest BCUT2D eigenvalue weighted by Crippen LogP contribution is 2.28. The summed E-state index contributed by atoms with van der Waals surface area (Å²) in [7, 11) is 0. The van der Waals surface area contributed by atoms with Gasteiger partial charge >= 0.3 is 0 Å². The smallest absolute Gasteiger partial charge is 0.249 e. The van der Waals surface area contributed by atoms with E-state index in [-0.39, 0.29) is 11.8 Å². The van der Waals surface area contributed by atoms with Crippen LogP contribution < -0.4 is 10.1 Å². The molecule has 2 aromatic heterocycles. The van der Waals surface area contributed by atoms with Crippen molar-refractivity contribution in [3.63, 3.8) is 0 Å². The van der Waals surface area contributed by atoms with E-state index in [9.17, 15) is 4.79 Å². The lowest BCUT2D eigenvalue weighted by Gasteiger charge is -2.19. The number of carbonyl (C=O) groups is 1. The Labute approximate surface area is 262 Å². The predicted molar refractivity (Wildman–Crippen MR) is 172 cm³/mol. The molecule has 0 aliphatic rings. The second-order valence-electron chi connectivity index (χ2n) is 10.7. The van der Waals surface area contributed by atoms with Gasteiger partial charge in [0.2, 0.25) is 11.8 Å². The van der Waals surface area contributed by atoms with Gasteiger partial charge in [0.15, 0.2) is 11.6 Å². The Morgan fingerprint density at radius 3 is 2.31 bits per heavy atom. The average Bonchev–Trinajstić information content (AvgIpc) is 3.73. The number of nitrogens with one attached hydrogen (secondary N) is 1. The second-order valence-corrected chi connectivity index (χ2v) is 10.7. The molecule has 226 valence electrons. The maximum absolute atomic E-state index is 13.4. The predicted octanol–water partition coefficient (Wildman–Crippen LogP) is 7.84. The molecule has 0 radical (unpaired) electrons. The molecule has 0 saturated heterocycles. The van der Waals surface area contributed by atoms with E-state index in [1.165, 1.54) is 0 Å². The highest BCUT2D eigenvalue weighted by molar-refractivity contribution is 6.12. The quantitative estimate of drug-likeness (QED) is 0.134. The van der Waals surface area contributed by atoms with Crippen LogP contribution in [0.2, 0.25) is 0 Å². The topological polar surface area (TPSA) is 103 Å². The molecule has 1 N–H and O–H groups in total. The molecular weight excluding hydrogens is 564 g/mol. The Morgan fingerprint density at radius 1 is 0.867 bits per heavy atom. The summed E-state index contributed by atoms with van der Waals surface area (Å²) in [4.78, 5) is 22.7. The number of oxazole rings is 1. The number of para-hydroxylation sites is 1. The summed E-state index contributed by atoms with van der Waals surface area (Å²) in [6, 6.07) is 34.2. The van der Waals surface area contributed by atoms with Crippen molar-refractivity contribution in [3.8, 4) is 17.2 Å². The van der Waals surface area contributed by atoms with Crippen LogP contribution in [0.1, 0.15) is 57.6 Å². The average molecular weight is 599 g/mol. The Kier molecular flexibility index (Phi) is 9.11. The third-order valence-corrected chi connectivity index (χ3v) is 7.52. The summed E-state index contributed by atoms with van der Waals surface area (Å²) in [5.41, 5.74) is 4.78. The van der Waals surface area contributed by atoms with E-state index in [2.05, 4.69) is 20.4 Å². The molecule has 0 spiro atoms. The van der Waals surface area contributed by atoms with Crippen molar-refractivity contribution in [2.24, 2.45) is 0 Å². The van der Waals surface area contributed by atoms with Crippen LogP contribution in [0.3, 0.4) is 0 Å². The summed E-state index contributed by atoms with van der Waals surface area (Å²) in [5.74, 6) is 3.22. The van der Waals surface area contributed by atoms with E-state index in [4.69, 9.17) is 13.7 Å². The number of ether oxygens (including phenoxy) is 1. The van der Waals surface area contributed by atoms with Crippen molar-refractivity contribution >= 4 is 11.5 Å². The number of rotatable bonds is 13. The molecule has 0 aliphatic carbocycles. The van der Waals surface area contributed by atoms with Crippen LogP contribution in [0.15, 0.2) is 118 Å². The SMILES string of the molecule is CCc1noc([C@H](Cc2ccc(OCCc3nc(-c4ccccc4)oc3C)cc2)Nc2ccccc2C(=O)c2ccccc2)n1. The number of aromatic nitrogens is 3. The molecule has 4 aromatic carbocycles. The van der Waals surface area contributed by atoms with Crippen LogP contribution in [0.25, 0.3) is 11.5 Å². The maximum atomic E-state index is 13.4. The Morgan fingerprint density at radius 2 is 1.58 bits per heavy atom. The molecule has 8 nitrogen and oxygen atoms in total. The van der Waals surface area contributed by atoms with Crippen LogP contribution in [0.4, 0.5) is 5.69 Å². The third kappa shape index (κ3) is 7.18. The molecule has 6 aromatic rings. The zero-order valence-electron chi connectivity index (χ0n) is 25.3. The lowest BCUT2D eigenvalue weighted by Crippen LogP contribution is -2.17. The van der Waals surface area contributed by atoms with Gasteiger partial charge in [0, 0.05) is 41.6 Å². The number of nitrogens with zero attached hydrogens (tertiary/aromatic N) is 3. The lowest BCUT2D eigenvalue weighted by atomic mass is 10.00. The largest absolute Gasteiger partial charge is 0.493 e. The van der Waals surface area contributed by atoms with Crippen LogP contribution in [0, 0.1) is 6.92 Å². The fourth-order valence-electron chi connectivity index (χ4n) is 5.08. The van der Waals surface area contributed by atoms with Gasteiger partial charge in [-0.15, -0.1) is 0 Å². The minimum Gasteiger partial charge on any atom is -0.493 e. The summed E-state index contributed by atoms with van der Waals surface area (Å²) in [6.45, 7) is 4.38. The van der Waals surface area contributed by atoms with Crippen molar-refractivity contribution < 1.29 is 18.5 Å². The van der Waals surface area contributed by atoms with Crippen LogP contribution in [-0.2, 0) is 19.3 Å². The van der Waals surface area contributed by atoms with E-state index in [0.29, 0.717) is 60.3 Å². The minimum atomic E-state index is -0.358. The third-order valence-electron chi connectivity index (χ3n) is 7.52. The van der Waals surface area contributed by atoms with E-state index >= 15 is 0 Å². The number of aryl methyl sites for hydroxylation is 2. The molecule has 0 bridgehead atoms. The summed E-state index contributed by atoms with van der Waals surface area (Å²) in [6.07, 6.45) is 1.85. The minimum absolute atomic E-state index is 0.0594. The van der Waals surface area contributed by atoms with Gasteiger partial charge in [0.25, 0.3) is 0 Å². The van der Waals surface area contributed by atoms with Gasteiger partial charge in [0.1, 0.15) is 17.6 Å². The van der Waals surface area contributed by atoms with Gasteiger partial charge in [-0.3, -0.25) is 4.79 Å². The number of ketones is 1. The van der Waals surface area contributed by atoms with E-state index in [0.717, 1.165) is 28.3 Å². The Bertz CT molecular complexity index is 1850. The first-order valence-corrected chi connectivity index (χ1v) is 15.1. The van der Waals surface area contributed by atoms with E-state index in [1.807, 2.05) is 123 Å². The molecular formula is C37H34N4O4. The van der Waals surface area contributed by atoms with Gasteiger partial charge in [-0.05, 0) is 48.9 Å². The summed E-state index contributed by atoms with van der Waals surface area (Å²) >= 11 is 0. The standard InChI is InChI=1S/C37H34N4O4/c1-3-34-40-37(45-41-34)33(38-32-17-11-10-16-30(32)35(42)27-12-6-4-7-13-27)24-26-18-20-29(21-19-26)43-23-22-31-25(2)44-36(39-31)28-14-8-5-9-15-28/h4-21,33,38H,3,22-24H2,1-2H3/t33-/m0/s1. The number of benzene rings is 4. The molecule has 0 fully saturated rings. The number of anilines is 1. The first-order valence-electron chi connectivity index (χ1n) is 15.1. The molecule has 1 atom stereocenters. The van der Waals surface area contributed by atoms with Crippen LogP contribution in [-0.4, -0.2) is 27.5 Å². The van der Waals surface area contributed by atoms with Crippen molar-refractivity contribution in [1.29, 1.82) is 0 Å². The highest BCUT2D eigenvalue weighted by atomic mass is 16.5. The van der Waals surface area contributed by atoms with Gasteiger partial charge in [-0.25, -0.2) is 4.98 Å². The summed E-state index contributed by atoms with van der Waals surface area (Å²) in [5, 5.41) is 7.64. The van der Waals surface area contributed by atoms with E-state index < -0.39 is 0 Å². The van der Waals surface area contributed by atoms with Gasteiger partial charge in [-0.2, -0.15) is 4.98 Å². The zero-order chi connectivity index (χ0) is 31.0. The number of hydrogen-bond acceptors (Lipinski definition) is 8. The monoisotopic (exact) mass is 598 g/mol. The van der Waals surface area contributed by atoms with Crippen molar-refractivity contribution in [2.45, 2.75) is 39.2 Å². The molecule has 2 heterocycles. The molecule has 8 heteroatoms. The molecule has 0 unspecified atom stereocenters. The fraction of sp³-hybridized carbons (Fsp3) is 0.189. The van der Waals surface area contributed by atoms with Crippen LogP contribution in [0.5, 0.6) is 5.75 Å². The Balaban J connectivity index is 1.14. The van der Waals surface area contributed by atoms with Crippen LogP contribution >= 0.6 is 0 Å². The normalized spacial score (nSPS) is 11.7. The molecule has 0 amide bonds. The number of hydrogen-bond donors (Lipinski definition) is 1. The molecule has 6 rings (SSSR count). The van der Waals surface area contributed by atoms with Crippen molar-refractivity contribution in [3.05, 3.63) is 149 Å². The van der Waals surface area contributed by atoms with Gasteiger partial charge in [0.05, 0.1) is 12.3 Å². The van der Waals surface area contributed by atoms with Crippen molar-refractivity contribution in [2.75, 3.05) is 11.9 Å². The fourth-order valence-corrected chi connectivity index (χ4v) is 5.08. The summed E-state index contributed by atoms with van der Waals surface area (Å²) < 4.78 is 17.6. The second kappa shape index (κ2) is 13.9. The van der Waals surface area contributed by atoms with E-state index in [1.54, 1.807) is 0 Å². The first-order chi connectivity index (χ1) is 22.1. The highest BCUT2D eigenvalue weighted by Gasteiger charge is 2.22. The number of carbonyl (C=O) groups excluding carboxylic acids is 1. The van der Waals surface area contributed by atoms with Gasteiger partial charge < -0.3 is 19.0 Å². The zero-order valence-corrected chi connectivity index (χ0v) is 25.3. The molecule has 0 aliphatic heterocycles. The maximum Gasteiger partial charge on any atom is 0.249 e. The van der Waals surface area contributed by atoms with Crippen molar-refractivity contribution in [1.82, 2.24) is 15.1 Å². The molecule has 45 heavy (non-hydrogen) atoms. The van der Waals surface area contributed by atoms with Gasteiger partial charge in [-0.1, -0.05) is 84.9 Å². The molecule has 0 saturated carbocycles.